The number of aromatic nitrogens is 3. The molecule has 0 saturated heterocycles. The Morgan fingerprint density at radius 2 is 1.77 bits per heavy atom. The normalized spacial score (nSPS) is 11.3. The molecule has 0 amide bonds. The van der Waals surface area contributed by atoms with Crippen molar-refractivity contribution < 1.29 is 8.42 Å². The highest BCUT2D eigenvalue weighted by molar-refractivity contribution is 7.92. The van der Waals surface area contributed by atoms with Crippen LogP contribution in [0.2, 0.25) is 0 Å². The van der Waals surface area contributed by atoms with Gasteiger partial charge in [0, 0.05) is 12.3 Å². The van der Waals surface area contributed by atoms with Gasteiger partial charge in [0.25, 0.3) is 10.0 Å². The van der Waals surface area contributed by atoms with Crippen molar-refractivity contribution in [3.63, 3.8) is 0 Å². The van der Waals surface area contributed by atoms with E-state index in [0.29, 0.717) is 17.3 Å². The zero-order valence-electron chi connectivity index (χ0n) is 11.8. The van der Waals surface area contributed by atoms with Gasteiger partial charge in [0.15, 0.2) is 5.82 Å². The van der Waals surface area contributed by atoms with Crippen LogP contribution in [0.15, 0.2) is 65.7 Å². The minimum Gasteiger partial charge on any atom is -0.263 e. The van der Waals surface area contributed by atoms with E-state index < -0.39 is 10.0 Å². The number of benzene rings is 1. The van der Waals surface area contributed by atoms with Crippen LogP contribution < -0.4 is 4.72 Å². The molecule has 0 aliphatic heterocycles. The standard InChI is InChI=1S/C15H14N4O2S/c1-12-11-15(19(17-12)14-9-5-6-10-16-14)18-22(20,21)13-7-3-2-4-8-13/h2-11,18H,1H3. The average molecular weight is 314 g/mol. The van der Waals surface area contributed by atoms with E-state index in [1.54, 1.807) is 49.5 Å². The molecule has 0 atom stereocenters. The molecule has 0 aliphatic carbocycles. The van der Waals surface area contributed by atoms with Crippen molar-refractivity contribution in [2.75, 3.05) is 4.72 Å². The summed E-state index contributed by atoms with van der Waals surface area (Å²) >= 11 is 0. The van der Waals surface area contributed by atoms with E-state index in [9.17, 15) is 8.42 Å². The highest BCUT2D eigenvalue weighted by Gasteiger charge is 2.17. The predicted octanol–water partition coefficient (Wildman–Crippen LogP) is 2.38. The van der Waals surface area contributed by atoms with Gasteiger partial charge in [-0.25, -0.2) is 13.4 Å². The van der Waals surface area contributed by atoms with Crippen LogP contribution in [0.1, 0.15) is 5.69 Å². The van der Waals surface area contributed by atoms with Gasteiger partial charge >= 0.3 is 0 Å². The molecule has 6 nitrogen and oxygen atoms in total. The highest BCUT2D eigenvalue weighted by Crippen LogP contribution is 2.19. The van der Waals surface area contributed by atoms with Crippen molar-refractivity contribution >= 4 is 15.8 Å². The quantitative estimate of drug-likeness (QED) is 0.802. The van der Waals surface area contributed by atoms with Gasteiger partial charge in [-0.1, -0.05) is 24.3 Å². The summed E-state index contributed by atoms with van der Waals surface area (Å²) in [6, 6.07) is 15.2. The number of anilines is 1. The zero-order chi connectivity index (χ0) is 15.6. The van der Waals surface area contributed by atoms with Crippen LogP contribution in [0.5, 0.6) is 0 Å². The molecule has 0 unspecified atom stereocenters. The Morgan fingerprint density at radius 1 is 1.05 bits per heavy atom. The molecule has 0 radical (unpaired) electrons. The molecular weight excluding hydrogens is 300 g/mol. The Hall–Kier alpha value is -2.67. The van der Waals surface area contributed by atoms with Gasteiger partial charge in [-0.3, -0.25) is 4.72 Å². The Kier molecular flexibility index (Phi) is 3.64. The zero-order valence-corrected chi connectivity index (χ0v) is 12.7. The number of hydrogen-bond acceptors (Lipinski definition) is 4. The monoisotopic (exact) mass is 314 g/mol. The maximum absolute atomic E-state index is 12.4. The van der Waals surface area contributed by atoms with Crippen LogP contribution in [0.4, 0.5) is 5.82 Å². The van der Waals surface area contributed by atoms with Gasteiger partial charge in [0.2, 0.25) is 0 Å². The van der Waals surface area contributed by atoms with Gasteiger partial charge in [0.05, 0.1) is 10.6 Å². The first-order valence-electron chi connectivity index (χ1n) is 6.62. The lowest BCUT2D eigenvalue weighted by Crippen LogP contribution is -2.16. The van der Waals surface area contributed by atoms with Crippen molar-refractivity contribution in [1.82, 2.24) is 14.8 Å². The maximum atomic E-state index is 12.4. The minimum absolute atomic E-state index is 0.196. The molecule has 0 aliphatic rings. The fourth-order valence-electron chi connectivity index (χ4n) is 2.02. The summed E-state index contributed by atoms with van der Waals surface area (Å²) in [4.78, 5) is 4.39. The van der Waals surface area contributed by atoms with Crippen molar-refractivity contribution in [1.29, 1.82) is 0 Å². The number of nitrogens with one attached hydrogen (secondary N) is 1. The SMILES string of the molecule is Cc1cc(NS(=O)(=O)c2ccccc2)n(-c2ccccn2)n1. The molecule has 7 heteroatoms. The van der Waals surface area contributed by atoms with Gasteiger partial charge in [-0.05, 0) is 31.2 Å². The Labute approximate surface area is 128 Å². The lowest BCUT2D eigenvalue weighted by atomic mass is 10.4. The lowest BCUT2D eigenvalue weighted by molar-refractivity contribution is 0.600. The summed E-state index contributed by atoms with van der Waals surface area (Å²) in [5.74, 6) is 0.890. The van der Waals surface area contributed by atoms with Crippen LogP contribution in [-0.2, 0) is 10.0 Å². The van der Waals surface area contributed by atoms with Crippen molar-refractivity contribution in [2.24, 2.45) is 0 Å². The molecular formula is C15H14N4O2S. The molecule has 2 aromatic heterocycles. The van der Waals surface area contributed by atoms with Gasteiger partial charge in [0.1, 0.15) is 5.82 Å². The van der Waals surface area contributed by atoms with Crippen molar-refractivity contribution in [3.8, 4) is 5.82 Å². The minimum atomic E-state index is -3.67. The van der Waals surface area contributed by atoms with E-state index in [2.05, 4.69) is 14.8 Å². The van der Waals surface area contributed by atoms with Gasteiger partial charge < -0.3 is 0 Å². The van der Waals surface area contributed by atoms with Crippen LogP contribution >= 0.6 is 0 Å². The third-order valence-electron chi connectivity index (χ3n) is 2.99. The molecule has 3 rings (SSSR count). The number of nitrogens with zero attached hydrogens (tertiary/aromatic N) is 3. The molecule has 0 bridgehead atoms. The Bertz CT molecular complexity index is 874. The Balaban J connectivity index is 2.00. The van der Waals surface area contributed by atoms with Crippen LogP contribution in [0, 0.1) is 6.92 Å². The number of hydrogen-bond donors (Lipinski definition) is 1. The fraction of sp³-hybridized carbons (Fsp3) is 0.0667. The summed E-state index contributed by atoms with van der Waals surface area (Å²) < 4.78 is 28.9. The summed E-state index contributed by atoms with van der Waals surface area (Å²) in [6.07, 6.45) is 1.63. The topological polar surface area (TPSA) is 76.9 Å². The predicted molar refractivity (Wildman–Crippen MR) is 83.3 cm³/mol. The number of pyridine rings is 1. The molecule has 1 aromatic carbocycles. The molecule has 112 valence electrons. The van der Waals surface area contributed by atoms with Gasteiger partial charge in [-0.2, -0.15) is 9.78 Å². The van der Waals surface area contributed by atoms with E-state index in [-0.39, 0.29) is 4.90 Å². The second-order valence-corrected chi connectivity index (χ2v) is 6.37. The van der Waals surface area contributed by atoms with E-state index >= 15 is 0 Å². The van der Waals surface area contributed by atoms with E-state index in [1.807, 2.05) is 6.07 Å². The highest BCUT2D eigenvalue weighted by atomic mass is 32.2. The third kappa shape index (κ3) is 2.84. The molecule has 2 heterocycles. The van der Waals surface area contributed by atoms with Crippen LogP contribution in [0.3, 0.4) is 0 Å². The molecule has 0 spiro atoms. The van der Waals surface area contributed by atoms with Crippen molar-refractivity contribution in [3.05, 3.63) is 66.5 Å². The first kappa shape index (κ1) is 14.3. The number of aryl methyl sites for hydroxylation is 1. The number of rotatable bonds is 4. The second kappa shape index (κ2) is 5.61. The molecule has 0 saturated carbocycles. The lowest BCUT2D eigenvalue weighted by Gasteiger charge is -2.09. The van der Waals surface area contributed by atoms with Gasteiger partial charge in [-0.15, -0.1) is 0 Å². The smallest absolute Gasteiger partial charge is 0.263 e. The third-order valence-corrected chi connectivity index (χ3v) is 4.36. The van der Waals surface area contributed by atoms with E-state index in [1.165, 1.54) is 16.8 Å². The van der Waals surface area contributed by atoms with Crippen LogP contribution in [-0.4, -0.2) is 23.2 Å². The molecule has 22 heavy (non-hydrogen) atoms. The molecule has 0 fully saturated rings. The van der Waals surface area contributed by atoms with E-state index in [0.717, 1.165) is 0 Å². The fourth-order valence-corrected chi connectivity index (χ4v) is 3.08. The second-order valence-electron chi connectivity index (χ2n) is 4.69. The number of sulfonamides is 1. The van der Waals surface area contributed by atoms with Crippen molar-refractivity contribution in [2.45, 2.75) is 11.8 Å². The molecule has 3 aromatic rings. The largest absolute Gasteiger partial charge is 0.263 e. The summed E-state index contributed by atoms with van der Waals surface area (Å²) in [5.41, 5.74) is 0.691. The summed E-state index contributed by atoms with van der Waals surface area (Å²) in [7, 11) is -3.67. The molecule has 1 N–H and O–H groups in total. The van der Waals surface area contributed by atoms with E-state index in [4.69, 9.17) is 0 Å². The average Bonchev–Trinajstić information content (AvgIpc) is 2.89. The maximum Gasteiger partial charge on any atom is 0.263 e. The summed E-state index contributed by atoms with van der Waals surface area (Å²) in [5, 5.41) is 4.29. The Morgan fingerprint density at radius 3 is 2.45 bits per heavy atom. The summed E-state index contributed by atoms with van der Waals surface area (Å²) in [6.45, 7) is 1.79. The first-order chi connectivity index (χ1) is 10.6. The van der Waals surface area contributed by atoms with Crippen LogP contribution in [0.25, 0.3) is 5.82 Å². The first-order valence-corrected chi connectivity index (χ1v) is 8.10.